The third kappa shape index (κ3) is 6.30. The molecule has 0 radical (unpaired) electrons. The summed E-state index contributed by atoms with van der Waals surface area (Å²) >= 11 is 0. The van der Waals surface area contributed by atoms with Crippen LogP contribution in [-0.2, 0) is 10.0 Å². The third-order valence-corrected chi connectivity index (χ3v) is 6.47. The van der Waals surface area contributed by atoms with Crippen molar-refractivity contribution in [3.05, 3.63) is 59.7 Å². The van der Waals surface area contributed by atoms with Crippen molar-refractivity contribution in [2.45, 2.75) is 50.0 Å². The third-order valence-electron chi connectivity index (χ3n) is 4.95. The van der Waals surface area contributed by atoms with Crippen LogP contribution in [0.25, 0.3) is 0 Å². The van der Waals surface area contributed by atoms with Gasteiger partial charge in [-0.3, -0.25) is 4.79 Å². The van der Waals surface area contributed by atoms with Crippen LogP contribution in [0, 0.1) is 6.92 Å². The molecule has 0 unspecified atom stereocenters. The molecule has 1 fully saturated rings. The molecule has 1 saturated carbocycles. The average molecular weight is 417 g/mol. The van der Waals surface area contributed by atoms with Crippen LogP contribution < -0.4 is 14.8 Å². The molecule has 156 valence electrons. The van der Waals surface area contributed by atoms with Gasteiger partial charge in [-0.25, -0.2) is 13.1 Å². The average Bonchev–Trinajstić information content (AvgIpc) is 3.20. The van der Waals surface area contributed by atoms with Crippen LogP contribution in [0.15, 0.2) is 53.4 Å². The second kappa shape index (κ2) is 9.89. The number of hydrogen-bond acceptors (Lipinski definition) is 4. The molecular weight excluding hydrogens is 388 g/mol. The first-order chi connectivity index (χ1) is 13.9. The van der Waals surface area contributed by atoms with Crippen molar-refractivity contribution in [1.29, 1.82) is 0 Å². The van der Waals surface area contributed by atoms with Gasteiger partial charge in [-0.05, 0) is 62.1 Å². The summed E-state index contributed by atoms with van der Waals surface area (Å²) in [7, 11) is -3.61. The molecule has 1 amide bonds. The SMILES string of the molecule is Cc1cccc(OCCCNC(=O)c2cccc(S(=O)(=O)NC3CCCC3)c2)c1. The zero-order valence-corrected chi connectivity index (χ0v) is 17.5. The maximum atomic E-state index is 12.6. The first-order valence-corrected chi connectivity index (χ1v) is 11.5. The van der Waals surface area contributed by atoms with Gasteiger partial charge in [0.05, 0.1) is 11.5 Å². The Balaban J connectivity index is 1.48. The normalized spacial score (nSPS) is 14.7. The highest BCUT2D eigenvalue weighted by atomic mass is 32.2. The number of amides is 1. The Morgan fingerprint density at radius 2 is 1.86 bits per heavy atom. The van der Waals surface area contributed by atoms with E-state index in [9.17, 15) is 13.2 Å². The van der Waals surface area contributed by atoms with E-state index in [1.54, 1.807) is 12.1 Å². The summed E-state index contributed by atoms with van der Waals surface area (Å²) in [6.07, 6.45) is 4.47. The maximum absolute atomic E-state index is 12.6. The summed E-state index contributed by atoms with van der Waals surface area (Å²) in [4.78, 5) is 12.5. The number of benzene rings is 2. The number of sulfonamides is 1. The van der Waals surface area contributed by atoms with E-state index in [0.29, 0.717) is 25.1 Å². The number of hydrogen-bond donors (Lipinski definition) is 2. The highest BCUT2D eigenvalue weighted by Crippen LogP contribution is 2.21. The fraction of sp³-hybridized carbons (Fsp3) is 0.409. The van der Waals surface area contributed by atoms with Crippen molar-refractivity contribution < 1.29 is 17.9 Å². The number of rotatable bonds is 9. The molecule has 0 saturated heterocycles. The van der Waals surface area contributed by atoms with E-state index in [2.05, 4.69) is 10.0 Å². The molecule has 0 atom stereocenters. The van der Waals surface area contributed by atoms with Gasteiger partial charge in [-0.2, -0.15) is 0 Å². The number of nitrogens with one attached hydrogen (secondary N) is 2. The number of ether oxygens (including phenoxy) is 1. The van der Waals surface area contributed by atoms with Crippen molar-refractivity contribution in [1.82, 2.24) is 10.0 Å². The molecule has 2 aromatic rings. The van der Waals surface area contributed by atoms with Crippen molar-refractivity contribution >= 4 is 15.9 Å². The molecule has 29 heavy (non-hydrogen) atoms. The van der Waals surface area contributed by atoms with E-state index >= 15 is 0 Å². The molecule has 1 aliphatic rings. The smallest absolute Gasteiger partial charge is 0.251 e. The highest BCUT2D eigenvalue weighted by Gasteiger charge is 2.23. The van der Waals surface area contributed by atoms with Crippen molar-refractivity contribution in [2.24, 2.45) is 0 Å². The molecule has 0 heterocycles. The molecule has 0 aliphatic heterocycles. The Labute approximate surface area is 172 Å². The van der Waals surface area contributed by atoms with E-state index in [-0.39, 0.29) is 16.8 Å². The lowest BCUT2D eigenvalue weighted by Crippen LogP contribution is -2.33. The second-order valence-corrected chi connectivity index (χ2v) is 9.12. The number of carbonyl (C=O) groups is 1. The lowest BCUT2D eigenvalue weighted by atomic mass is 10.2. The number of carbonyl (C=O) groups excluding carboxylic acids is 1. The Bertz CT molecular complexity index is 937. The van der Waals surface area contributed by atoms with Crippen molar-refractivity contribution in [2.75, 3.05) is 13.2 Å². The first kappa shape index (κ1) is 21.3. The second-order valence-electron chi connectivity index (χ2n) is 7.40. The first-order valence-electron chi connectivity index (χ1n) is 10.0. The molecule has 2 N–H and O–H groups in total. The molecule has 6 nitrogen and oxygen atoms in total. The summed E-state index contributed by atoms with van der Waals surface area (Å²) in [5.41, 5.74) is 1.46. The maximum Gasteiger partial charge on any atom is 0.251 e. The van der Waals surface area contributed by atoms with Crippen LogP contribution in [0.5, 0.6) is 5.75 Å². The Morgan fingerprint density at radius 3 is 2.62 bits per heavy atom. The predicted molar refractivity (Wildman–Crippen MR) is 113 cm³/mol. The summed E-state index contributed by atoms with van der Waals surface area (Å²) in [5.74, 6) is 0.516. The van der Waals surface area contributed by atoms with Gasteiger partial charge < -0.3 is 10.1 Å². The van der Waals surface area contributed by atoms with Crippen molar-refractivity contribution in [3.8, 4) is 5.75 Å². The standard InChI is InChI=1S/C22H28N2O4S/c1-17-7-4-11-20(15-17)28-14-6-13-23-22(25)18-8-5-12-21(16-18)29(26,27)24-19-9-2-3-10-19/h4-5,7-8,11-12,15-16,19,24H,2-3,6,9-10,13-14H2,1H3,(H,23,25). The predicted octanol–water partition coefficient (Wildman–Crippen LogP) is 3.41. The lowest BCUT2D eigenvalue weighted by molar-refractivity contribution is 0.0951. The van der Waals surface area contributed by atoms with Gasteiger partial charge in [-0.1, -0.05) is 31.0 Å². The van der Waals surface area contributed by atoms with Crippen LogP contribution >= 0.6 is 0 Å². The van der Waals surface area contributed by atoms with Crippen LogP contribution in [0.3, 0.4) is 0 Å². The quantitative estimate of drug-likeness (QED) is 0.614. The minimum atomic E-state index is -3.61. The van der Waals surface area contributed by atoms with Crippen molar-refractivity contribution in [3.63, 3.8) is 0 Å². The zero-order chi connectivity index (χ0) is 20.7. The minimum Gasteiger partial charge on any atom is -0.494 e. The molecule has 7 heteroatoms. The van der Waals surface area contributed by atoms with Gasteiger partial charge in [0, 0.05) is 18.2 Å². The van der Waals surface area contributed by atoms with E-state index in [1.165, 1.54) is 12.1 Å². The van der Waals surface area contributed by atoms with E-state index in [4.69, 9.17) is 4.74 Å². The van der Waals surface area contributed by atoms with Gasteiger partial charge in [-0.15, -0.1) is 0 Å². The Kier molecular flexibility index (Phi) is 7.28. The lowest BCUT2D eigenvalue weighted by Gasteiger charge is -2.13. The van der Waals surface area contributed by atoms with E-state index in [1.807, 2.05) is 31.2 Å². The van der Waals surface area contributed by atoms with Gasteiger partial charge in [0.1, 0.15) is 5.75 Å². The fourth-order valence-electron chi connectivity index (χ4n) is 3.41. The summed E-state index contributed by atoms with van der Waals surface area (Å²) in [5, 5.41) is 2.81. The molecule has 3 rings (SSSR count). The van der Waals surface area contributed by atoms with Crippen LogP contribution in [0.1, 0.15) is 48.0 Å². The molecule has 0 bridgehead atoms. The molecule has 0 spiro atoms. The van der Waals surface area contributed by atoms with Crippen LogP contribution in [0.4, 0.5) is 0 Å². The largest absolute Gasteiger partial charge is 0.494 e. The summed E-state index contributed by atoms with van der Waals surface area (Å²) in [6.45, 7) is 2.94. The zero-order valence-electron chi connectivity index (χ0n) is 16.7. The Morgan fingerprint density at radius 1 is 1.10 bits per heavy atom. The van der Waals surface area contributed by atoms with Crippen LogP contribution in [-0.4, -0.2) is 33.5 Å². The molecule has 1 aliphatic carbocycles. The van der Waals surface area contributed by atoms with Gasteiger partial charge in [0.2, 0.25) is 10.0 Å². The minimum absolute atomic E-state index is 0.00844. The van der Waals surface area contributed by atoms with Crippen LogP contribution in [0.2, 0.25) is 0 Å². The van der Waals surface area contributed by atoms with E-state index in [0.717, 1.165) is 37.0 Å². The fourth-order valence-corrected chi connectivity index (χ4v) is 4.76. The molecule has 0 aromatic heterocycles. The topological polar surface area (TPSA) is 84.5 Å². The van der Waals surface area contributed by atoms with Gasteiger partial charge >= 0.3 is 0 Å². The monoisotopic (exact) mass is 416 g/mol. The van der Waals surface area contributed by atoms with E-state index < -0.39 is 10.0 Å². The summed E-state index contributed by atoms with van der Waals surface area (Å²) in [6, 6.07) is 14.0. The summed E-state index contributed by atoms with van der Waals surface area (Å²) < 4.78 is 33.5. The Hall–Kier alpha value is -2.38. The molecular formula is C22H28N2O4S. The van der Waals surface area contributed by atoms with Gasteiger partial charge in [0.25, 0.3) is 5.91 Å². The molecule has 2 aromatic carbocycles. The van der Waals surface area contributed by atoms with Gasteiger partial charge in [0.15, 0.2) is 0 Å². The number of aryl methyl sites for hydroxylation is 1. The highest BCUT2D eigenvalue weighted by molar-refractivity contribution is 7.89.